The molecule has 2 aliphatic carbocycles. The van der Waals surface area contributed by atoms with Gasteiger partial charge in [-0.25, -0.2) is 0 Å². The van der Waals surface area contributed by atoms with E-state index in [1.807, 2.05) is 6.07 Å². The van der Waals surface area contributed by atoms with Gasteiger partial charge in [-0.3, -0.25) is 4.79 Å². The van der Waals surface area contributed by atoms with Gasteiger partial charge in [0.1, 0.15) is 0 Å². The molecule has 1 N–H and O–H groups in total. The Labute approximate surface area is 127 Å². The Morgan fingerprint density at radius 3 is 2.81 bits per heavy atom. The molecule has 0 saturated carbocycles. The average Bonchev–Trinajstić information content (AvgIpc) is 3.00. The quantitative estimate of drug-likeness (QED) is 0.488. The highest BCUT2D eigenvalue weighted by molar-refractivity contribution is 5.97. The third-order valence-electron chi connectivity index (χ3n) is 4.71. The zero-order chi connectivity index (χ0) is 14.5. The minimum atomic E-state index is 0.224. The highest BCUT2D eigenvalue weighted by Crippen LogP contribution is 2.23. The van der Waals surface area contributed by atoms with Gasteiger partial charge in [0.25, 0.3) is 0 Å². The lowest BCUT2D eigenvalue weighted by atomic mass is 9.97. The van der Waals surface area contributed by atoms with Crippen molar-refractivity contribution in [3.8, 4) is 0 Å². The van der Waals surface area contributed by atoms with Gasteiger partial charge in [-0.15, -0.1) is 0 Å². The predicted molar refractivity (Wildman–Crippen MR) is 86.8 cm³/mol. The molecule has 1 aromatic rings. The maximum atomic E-state index is 12.2. The molecule has 0 radical (unpaired) electrons. The van der Waals surface area contributed by atoms with E-state index in [1.165, 1.54) is 49.7 Å². The van der Waals surface area contributed by atoms with E-state index >= 15 is 0 Å². The second-order valence-electron chi connectivity index (χ2n) is 6.30. The van der Waals surface area contributed by atoms with Crippen molar-refractivity contribution in [2.45, 2.75) is 51.4 Å². The number of nitrogens with one attached hydrogen (secondary N) is 1. The van der Waals surface area contributed by atoms with Gasteiger partial charge in [-0.2, -0.15) is 0 Å². The highest BCUT2D eigenvalue weighted by atomic mass is 16.1. The number of Topliss-reactive ketones (excluding diaryl/α,β-unsaturated/α-hetero) is 1. The largest absolute Gasteiger partial charge is 0.309 e. The van der Waals surface area contributed by atoms with Crippen molar-refractivity contribution in [1.29, 1.82) is 0 Å². The Kier molecular flexibility index (Phi) is 4.87. The zero-order valence-electron chi connectivity index (χ0n) is 12.8. The average molecular weight is 283 g/mol. The molecule has 0 aliphatic heterocycles. The first-order valence-corrected chi connectivity index (χ1v) is 8.36. The van der Waals surface area contributed by atoms with Crippen LogP contribution in [0.1, 0.15) is 60.0 Å². The molecule has 0 atom stereocenters. The SMILES string of the molecule is O=C(CNCCC1=CCCCC1)c1ccc2c(c1)CCC2. The number of aryl methyl sites for hydroxylation is 2. The minimum Gasteiger partial charge on any atom is -0.309 e. The minimum absolute atomic E-state index is 0.224. The van der Waals surface area contributed by atoms with E-state index in [0.29, 0.717) is 6.54 Å². The second-order valence-corrected chi connectivity index (χ2v) is 6.30. The van der Waals surface area contributed by atoms with Crippen molar-refractivity contribution < 1.29 is 4.79 Å². The van der Waals surface area contributed by atoms with Crippen LogP contribution in [0.15, 0.2) is 29.8 Å². The molecular weight excluding hydrogens is 258 g/mol. The lowest BCUT2D eigenvalue weighted by Gasteiger charge is -2.12. The molecule has 0 saturated heterocycles. The van der Waals surface area contributed by atoms with Crippen molar-refractivity contribution in [3.05, 3.63) is 46.5 Å². The van der Waals surface area contributed by atoms with Gasteiger partial charge in [0.2, 0.25) is 0 Å². The van der Waals surface area contributed by atoms with Crippen molar-refractivity contribution in [3.63, 3.8) is 0 Å². The molecule has 21 heavy (non-hydrogen) atoms. The monoisotopic (exact) mass is 283 g/mol. The van der Waals surface area contributed by atoms with Gasteiger partial charge in [0, 0.05) is 5.56 Å². The molecule has 0 spiro atoms. The van der Waals surface area contributed by atoms with Gasteiger partial charge in [0.05, 0.1) is 6.54 Å². The first kappa shape index (κ1) is 14.5. The van der Waals surface area contributed by atoms with E-state index in [4.69, 9.17) is 0 Å². The number of carbonyl (C=O) groups is 1. The molecular formula is C19H25NO. The number of carbonyl (C=O) groups excluding carboxylic acids is 1. The van der Waals surface area contributed by atoms with Crippen molar-refractivity contribution >= 4 is 5.78 Å². The van der Waals surface area contributed by atoms with Crippen LogP contribution in [-0.4, -0.2) is 18.9 Å². The number of hydrogen-bond acceptors (Lipinski definition) is 2. The molecule has 2 aliphatic rings. The molecule has 3 rings (SSSR count). The van der Waals surface area contributed by atoms with Crippen LogP contribution in [0.25, 0.3) is 0 Å². The van der Waals surface area contributed by atoms with Crippen LogP contribution in [0.2, 0.25) is 0 Å². The molecule has 1 aromatic carbocycles. The lowest BCUT2D eigenvalue weighted by Crippen LogP contribution is -2.24. The van der Waals surface area contributed by atoms with Crippen LogP contribution in [-0.2, 0) is 12.8 Å². The van der Waals surface area contributed by atoms with Crippen molar-refractivity contribution in [1.82, 2.24) is 5.32 Å². The molecule has 0 aromatic heterocycles. The van der Waals surface area contributed by atoms with Crippen LogP contribution in [0.3, 0.4) is 0 Å². The molecule has 112 valence electrons. The van der Waals surface area contributed by atoms with Gasteiger partial charge in [-0.1, -0.05) is 23.8 Å². The number of allylic oxidation sites excluding steroid dienone is 1. The standard InChI is InChI=1S/C19H25NO/c21-19(14-20-12-11-15-5-2-1-3-6-15)18-10-9-16-7-4-8-17(16)13-18/h5,9-10,13,20H,1-4,6-8,11-12,14H2. The van der Waals surface area contributed by atoms with E-state index in [9.17, 15) is 4.79 Å². The summed E-state index contributed by atoms with van der Waals surface area (Å²) in [6.07, 6.45) is 12.2. The summed E-state index contributed by atoms with van der Waals surface area (Å²) in [5.74, 6) is 0.224. The smallest absolute Gasteiger partial charge is 0.176 e. The molecule has 0 fully saturated rings. The normalized spacial score (nSPS) is 17.4. The van der Waals surface area contributed by atoms with Gasteiger partial charge >= 0.3 is 0 Å². The summed E-state index contributed by atoms with van der Waals surface area (Å²) < 4.78 is 0. The lowest BCUT2D eigenvalue weighted by molar-refractivity contribution is 0.0991. The Balaban J connectivity index is 1.45. The number of rotatable bonds is 6. The first-order chi connectivity index (χ1) is 10.3. The van der Waals surface area contributed by atoms with Crippen molar-refractivity contribution in [2.75, 3.05) is 13.1 Å². The number of fused-ring (bicyclic) bond motifs is 1. The van der Waals surface area contributed by atoms with E-state index in [0.717, 1.165) is 24.9 Å². The number of benzene rings is 1. The Hall–Kier alpha value is -1.41. The van der Waals surface area contributed by atoms with Crippen LogP contribution in [0.5, 0.6) is 0 Å². The topological polar surface area (TPSA) is 29.1 Å². The molecule has 2 nitrogen and oxygen atoms in total. The number of hydrogen-bond donors (Lipinski definition) is 1. The Morgan fingerprint density at radius 1 is 1.05 bits per heavy atom. The van der Waals surface area contributed by atoms with Crippen molar-refractivity contribution in [2.24, 2.45) is 0 Å². The Bertz CT molecular complexity index is 544. The molecule has 0 bridgehead atoms. The van der Waals surface area contributed by atoms with E-state index in [1.54, 1.807) is 5.57 Å². The fraction of sp³-hybridized carbons (Fsp3) is 0.526. The van der Waals surface area contributed by atoms with Gasteiger partial charge in [-0.05, 0) is 75.1 Å². The first-order valence-electron chi connectivity index (χ1n) is 8.36. The summed E-state index contributed by atoms with van der Waals surface area (Å²) in [5, 5.41) is 3.31. The summed E-state index contributed by atoms with van der Waals surface area (Å²) in [5.41, 5.74) is 5.26. The van der Waals surface area contributed by atoms with E-state index in [2.05, 4.69) is 23.5 Å². The van der Waals surface area contributed by atoms with Crippen LogP contribution < -0.4 is 5.32 Å². The summed E-state index contributed by atoms with van der Waals surface area (Å²) in [4.78, 5) is 12.2. The summed E-state index contributed by atoms with van der Waals surface area (Å²) in [7, 11) is 0. The molecule has 2 heteroatoms. The van der Waals surface area contributed by atoms with Crippen LogP contribution in [0, 0.1) is 0 Å². The molecule has 0 heterocycles. The van der Waals surface area contributed by atoms with E-state index < -0.39 is 0 Å². The third-order valence-corrected chi connectivity index (χ3v) is 4.71. The highest BCUT2D eigenvalue weighted by Gasteiger charge is 2.13. The molecule has 0 amide bonds. The van der Waals surface area contributed by atoms with Crippen LogP contribution in [0.4, 0.5) is 0 Å². The maximum absolute atomic E-state index is 12.2. The van der Waals surface area contributed by atoms with E-state index in [-0.39, 0.29) is 5.78 Å². The number of ketones is 1. The maximum Gasteiger partial charge on any atom is 0.176 e. The summed E-state index contributed by atoms with van der Waals surface area (Å²) in [6.45, 7) is 1.38. The predicted octanol–water partition coefficient (Wildman–Crippen LogP) is 3.84. The van der Waals surface area contributed by atoms with Crippen LogP contribution >= 0.6 is 0 Å². The second kappa shape index (κ2) is 7.04. The third kappa shape index (κ3) is 3.82. The summed E-state index contributed by atoms with van der Waals surface area (Å²) in [6, 6.07) is 6.25. The fourth-order valence-electron chi connectivity index (χ4n) is 3.43. The fourth-order valence-corrected chi connectivity index (χ4v) is 3.43. The van der Waals surface area contributed by atoms with Gasteiger partial charge in [0.15, 0.2) is 5.78 Å². The zero-order valence-corrected chi connectivity index (χ0v) is 12.8. The molecule has 0 unspecified atom stereocenters. The Morgan fingerprint density at radius 2 is 1.95 bits per heavy atom. The summed E-state index contributed by atoms with van der Waals surface area (Å²) >= 11 is 0. The van der Waals surface area contributed by atoms with Gasteiger partial charge < -0.3 is 5.32 Å².